The van der Waals surface area contributed by atoms with Gasteiger partial charge in [0.2, 0.25) is 0 Å². The minimum Gasteiger partial charge on any atom is -0.490 e. The molecule has 0 aromatic carbocycles. The van der Waals surface area contributed by atoms with E-state index in [9.17, 15) is 0 Å². The van der Waals surface area contributed by atoms with Crippen LogP contribution >= 0.6 is 22.6 Å². The van der Waals surface area contributed by atoms with Gasteiger partial charge in [-0.3, -0.25) is 0 Å². The molecule has 0 aromatic heterocycles. The third-order valence-electron chi connectivity index (χ3n) is 2.49. The van der Waals surface area contributed by atoms with Gasteiger partial charge in [0, 0.05) is 12.0 Å². The number of allylic oxidation sites excluding steroid dienone is 4. The van der Waals surface area contributed by atoms with Crippen LogP contribution in [0.1, 0.15) is 6.42 Å². The fourth-order valence-electron chi connectivity index (χ4n) is 1.65. The van der Waals surface area contributed by atoms with Crippen LogP contribution in [0.5, 0.6) is 0 Å². The Kier molecular flexibility index (Phi) is 3.37. The molecular formula is C12H12INO. The van der Waals surface area contributed by atoms with Crippen LogP contribution in [0.25, 0.3) is 0 Å². The van der Waals surface area contributed by atoms with Gasteiger partial charge in [-0.2, -0.15) is 0 Å². The molecule has 0 unspecified atom stereocenters. The molecule has 1 fully saturated rings. The van der Waals surface area contributed by atoms with Crippen molar-refractivity contribution in [3.05, 3.63) is 35.3 Å². The summed E-state index contributed by atoms with van der Waals surface area (Å²) in [4.78, 5) is 2.30. The zero-order valence-electron chi connectivity index (χ0n) is 8.37. The molecule has 0 saturated carbocycles. The van der Waals surface area contributed by atoms with Crippen molar-refractivity contribution >= 4 is 22.6 Å². The number of hydrogen-bond donors (Lipinski definition) is 0. The quantitative estimate of drug-likeness (QED) is 0.319. The lowest BCUT2D eigenvalue weighted by Crippen LogP contribution is -2.32. The van der Waals surface area contributed by atoms with Gasteiger partial charge in [0.05, 0.1) is 16.8 Å². The van der Waals surface area contributed by atoms with E-state index in [2.05, 4.69) is 45.6 Å². The summed E-state index contributed by atoms with van der Waals surface area (Å²) in [6.45, 7) is 1.71. The van der Waals surface area contributed by atoms with E-state index in [-0.39, 0.29) is 0 Å². The number of nitrogens with zero attached hydrogens (tertiary/aromatic N) is 1. The maximum absolute atomic E-state index is 5.63. The van der Waals surface area contributed by atoms with Crippen LogP contribution in [0, 0.1) is 12.3 Å². The fraction of sp³-hybridized carbons (Fsp3) is 0.333. The van der Waals surface area contributed by atoms with Crippen LogP contribution in [0.2, 0.25) is 0 Å². The van der Waals surface area contributed by atoms with Crippen molar-refractivity contribution in [2.24, 2.45) is 0 Å². The summed E-state index contributed by atoms with van der Waals surface area (Å²) in [5, 5.41) is 0. The first-order valence-corrected chi connectivity index (χ1v) is 6.39. The van der Waals surface area contributed by atoms with E-state index in [4.69, 9.17) is 11.2 Å². The number of hydrogen-bond acceptors (Lipinski definition) is 2. The zero-order valence-corrected chi connectivity index (χ0v) is 10.5. The van der Waals surface area contributed by atoms with Crippen molar-refractivity contribution in [2.45, 2.75) is 6.42 Å². The maximum atomic E-state index is 5.63. The van der Waals surface area contributed by atoms with E-state index >= 15 is 0 Å². The Morgan fingerprint density at radius 3 is 3.13 bits per heavy atom. The highest BCUT2D eigenvalue weighted by Gasteiger charge is 2.20. The van der Waals surface area contributed by atoms with E-state index < -0.39 is 0 Å². The molecule has 78 valence electrons. The number of halogens is 1. The molecule has 2 aliphatic rings. The third-order valence-corrected chi connectivity index (χ3v) is 3.31. The lowest BCUT2D eigenvalue weighted by atomic mass is 10.2. The van der Waals surface area contributed by atoms with E-state index in [0.717, 1.165) is 41.2 Å². The smallest absolute Gasteiger partial charge is 0.139 e. The summed E-state index contributed by atoms with van der Waals surface area (Å²) in [6, 6.07) is 0. The topological polar surface area (TPSA) is 12.5 Å². The number of morpholine rings is 1. The molecule has 0 amide bonds. The molecule has 1 aliphatic heterocycles. The molecule has 0 aromatic rings. The first kappa shape index (κ1) is 10.6. The molecule has 15 heavy (non-hydrogen) atoms. The summed E-state index contributed by atoms with van der Waals surface area (Å²) >= 11 is 2.36. The highest BCUT2D eigenvalue weighted by molar-refractivity contribution is 14.1. The number of terminal acetylenes is 1. The van der Waals surface area contributed by atoms with Gasteiger partial charge in [-0.15, -0.1) is 6.42 Å². The molecule has 2 rings (SSSR count). The molecule has 2 nitrogen and oxygen atoms in total. The molecule has 1 heterocycles. The predicted octanol–water partition coefficient (Wildman–Crippen LogP) is 2.44. The predicted molar refractivity (Wildman–Crippen MR) is 69.2 cm³/mol. The molecule has 0 atom stereocenters. The lowest BCUT2D eigenvalue weighted by molar-refractivity contribution is 0.140. The Labute approximate surface area is 104 Å². The molecule has 0 radical (unpaired) electrons. The second-order valence-corrected chi connectivity index (χ2v) is 4.07. The van der Waals surface area contributed by atoms with Crippen LogP contribution < -0.4 is 0 Å². The van der Waals surface area contributed by atoms with Gasteiger partial charge in [-0.1, -0.05) is 28.5 Å². The van der Waals surface area contributed by atoms with Crippen LogP contribution in [0.3, 0.4) is 0 Å². The van der Waals surface area contributed by atoms with Crippen molar-refractivity contribution in [2.75, 3.05) is 17.7 Å². The fourth-order valence-corrected chi connectivity index (χ4v) is 2.36. The van der Waals surface area contributed by atoms with Gasteiger partial charge in [-0.05, 0) is 18.2 Å². The van der Waals surface area contributed by atoms with Gasteiger partial charge in [0.15, 0.2) is 0 Å². The van der Waals surface area contributed by atoms with Crippen molar-refractivity contribution in [1.29, 1.82) is 0 Å². The van der Waals surface area contributed by atoms with Crippen molar-refractivity contribution in [3.63, 3.8) is 0 Å². The second-order valence-electron chi connectivity index (χ2n) is 3.39. The first-order chi connectivity index (χ1) is 7.35. The molecule has 0 spiro atoms. The van der Waals surface area contributed by atoms with Crippen LogP contribution in [0.15, 0.2) is 35.3 Å². The molecule has 1 saturated heterocycles. The molecular weight excluding hydrogens is 301 g/mol. The highest BCUT2D eigenvalue weighted by atomic mass is 127. The summed E-state index contributed by atoms with van der Waals surface area (Å²) in [5.41, 5.74) is 2.15. The minimum absolute atomic E-state index is 0.761. The van der Waals surface area contributed by atoms with Crippen molar-refractivity contribution < 1.29 is 4.74 Å². The Bertz CT molecular complexity index is 387. The third kappa shape index (κ3) is 2.20. The Morgan fingerprint density at radius 1 is 1.53 bits per heavy atom. The van der Waals surface area contributed by atoms with Crippen LogP contribution in [-0.4, -0.2) is 22.6 Å². The molecule has 1 aliphatic carbocycles. The van der Waals surface area contributed by atoms with Crippen molar-refractivity contribution in [1.82, 2.24) is 4.90 Å². The molecule has 0 bridgehead atoms. The SMILES string of the molecule is C#CC1=CC=C2C(=CC1)OCCN2CI. The van der Waals surface area contributed by atoms with Gasteiger partial charge in [-0.25, -0.2) is 0 Å². The van der Waals surface area contributed by atoms with Crippen molar-refractivity contribution in [3.8, 4) is 12.3 Å². The summed E-state index contributed by atoms with van der Waals surface area (Å²) < 4.78 is 6.61. The van der Waals surface area contributed by atoms with E-state index in [1.807, 2.05) is 6.08 Å². The number of ether oxygens (including phenoxy) is 1. The van der Waals surface area contributed by atoms with E-state index in [1.165, 1.54) is 0 Å². The van der Waals surface area contributed by atoms with Crippen LogP contribution in [0.4, 0.5) is 0 Å². The van der Waals surface area contributed by atoms with Gasteiger partial charge < -0.3 is 9.64 Å². The highest BCUT2D eigenvalue weighted by Crippen LogP contribution is 2.26. The van der Waals surface area contributed by atoms with Gasteiger partial charge >= 0.3 is 0 Å². The largest absolute Gasteiger partial charge is 0.490 e. The van der Waals surface area contributed by atoms with Gasteiger partial charge in [0.25, 0.3) is 0 Å². The number of alkyl halides is 1. The summed E-state index contributed by atoms with van der Waals surface area (Å²) in [5.74, 6) is 3.65. The number of fused-ring (bicyclic) bond motifs is 1. The number of rotatable bonds is 1. The normalized spacial score (nSPS) is 20.0. The minimum atomic E-state index is 0.761. The maximum Gasteiger partial charge on any atom is 0.139 e. The molecule has 3 heteroatoms. The first-order valence-electron chi connectivity index (χ1n) is 4.87. The molecule has 0 N–H and O–H groups in total. The Balaban J connectivity index is 2.32. The average molecular weight is 313 g/mol. The zero-order chi connectivity index (χ0) is 10.7. The van der Waals surface area contributed by atoms with E-state index in [0.29, 0.717) is 0 Å². The monoisotopic (exact) mass is 313 g/mol. The Morgan fingerprint density at radius 2 is 2.40 bits per heavy atom. The Hall–Kier alpha value is -0.890. The van der Waals surface area contributed by atoms with Gasteiger partial charge in [0.1, 0.15) is 12.4 Å². The van der Waals surface area contributed by atoms with E-state index in [1.54, 1.807) is 0 Å². The average Bonchev–Trinajstić information content (AvgIpc) is 2.50. The lowest BCUT2D eigenvalue weighted by Gasteiger charge is -2.31. The van der Waals surface area contributed by atoms with Crippen LogP contribution in [-0.2, 0) is 4.74 Å². The second kappa shape index (κ2) is 4.75. The summed E-state index contributed by atoms with van der Waals surface area (Å²) in [6.07, 6.45) is 12.3. The summed E-state index contributed by atoms with van der Waals surface area (Å²) in [7, 11) is 0. The standard InChI is InChI=1S/C12H12INO/c1-2-10-3-5-11-12(6-4-10)15-8-7-14(11)9-13/h1,3,5-6H,4,7-9H2.